The average molecular weight is 515 g/mol. The standard InChI is InChI=1S/C12H9N.C11H9N.Ir/c1-3-7-11-9(5-1)10-6-2-4-8-12(10)13-11;1-2-6-10(7-3-1)11-8-4-5-9-12-11;/h1-8,13H;1-9H;. The average Bonchev–Trinajstić information content (AvgIpc) is 3.09. The zero-order chi connectivity index (χ0) is 16.9. The second-order valence-corrected chi connectivity index (χ2v) is 5.80. The summed E-state index contributed by atoms with van der Waals surface area (Å²) in [5, 5.41) is 2.61. The molecule has 3 heteroatoms. The van der Waals surface area contributed by atoms with E-state index in [-0.39, 0.29) is 20.1 Å². The first-order chi connectivity index (χ1) is 12.4. The molecule has 0 bridgehead atoms. The van der Waals surface area contributed by atoms with Crippen LogP contribution in [0.15, 0.2) is 103 Å². The molecular weight excluding hydrogens is 496 g/mol. The Kier molecular flexibility index (Phi) is 5.95. The van der Waals surface area contributed by atoms with Crippen molar-refractivity contribution in [2.24, 2.45) is 0 Å². The van der Waals surface area contributed by atoms with Gasteiger partial charge in [0.05, 0.1) is 5.69 Å². The number of hydrogen-bond donors (Lipinski definition) is 1. The van der Waals surface area contributed by atoms with Gasteiger partial charge in [0.15, 0.2) is 0 Å². The molecule has 0 saturated carbocycles. The third-order valence-corrected chi connectivity index (χ3v) is 4.15. The van der Waals surface area contributed by atoms with Gasteiger partial charge in [0.2, 0.25) is 0 Å². The van der Waals surface area contributed by atoms with E-state index in [4.69, 9.17) is 0 Å². The molecule has 0 amide bonds. The number of rotatable bonds is 1. The van der Waals surface area contributed by atoms with Crippen LogP contribution in [-0.4, -0.2) is 9.97 Å². The van der Waals surface area contributed by atoms with Crippen LogP contribution < -0.4 is 0 Å². The van der Waals surface area contributed by atoms with Crippen molar-refractivity contribution in [3.63, 3.8) is 0 Å². The van der Waals surface area contributed by atoms with Crippen molar-refractivity contribution in [3.8, 4) is 11.3 Å². The number of aromatic amines is 1. The molecule has 0 unspecified atom stereocenters. The molecule has 3 aromatic carbocycles. The van der Waals surface area contributed by atoms with E-state index in [1.165, 1.54) is 21.8 Å². The fourth-order valence-electron chi connectivity index (χ4n) is 2.94. The molecule has 0 saturated heterocycles. The number of aromatic nitrogens is 2. The summed E-state index contributed by atoms with van der Waals surface area (Å²) >= 11 is 0. The number of pyridine rings is 1. The zero-order valence-electron chi connectivity index (χ0n) is 14.1. The topological polar surface area (TPSA) is 28.7 Å². The van der Waals surface area contributed by atoms with Gasteiger partial charge in [0.25, 0.3) is 0 Å². The molecule has 5 aromatic rings. The molecule has 2 aromatic heterocycles. The summed E-state index contributed by atoms with van der Waals surface area (Å²) in [7, 11) is 0. The molecular formula is C23H18IrN2. The Labute approximate surface area is 166 Å². The maximum absolute atomic E-state index is 4.25. The summed E-state index contributed by atoms with van der Waals surface area (Å²) in [4.78, 5) is 7.63. The molecule has 0 fully saturated rings. The van der Waals surface area contributed by atoms with E-state index in [9.17, 15) is 0 Å². The Bertz CT molecular complexity index is 998. The number of benzene rings is 3. The van der Waals surface area contributed by atoms with E-state index in [1.54, 1.807) is 0 Å². The van der Waals surface area contributed by atoms with E-state index < -0.39 is 0 Å². The molecule has 2 nitrogen and oxygen atoms in total. The van der Waals surface area contributed by atoms with Gasteiger partial charge in [-0.15, -0.1) is 0 Å². The molecule has 129 valence electrons. The zero-order valence-corrected chi connectivity index (χ0v) is 16.5. The van der Waals surface area contributed by atoms with Gasteiger partial charge < -0.3 is 4.98 Å². The van der Waals surface area contributed by atoms with E-state index in [0.717, 1.165) is 11.3 Å². The van der Waals surface area contributed by atoms with E-state index in [1.807, 2.05) is 42.6 Å². The number of para-hydroxylation sites is 2. The van der Waals surface area contributed by atoms with Gasteiger partial charge in [-0.3, -0.25) is 4.98 Å². The monoisotopic (exact) mass is 515 g/mol. The van der Waals surface area contributed by atoms with E-state index >= 15 is 0 Å². The Hall–Kier alpha value is -2.74. The third-order valence-electron chi connectivity index (χ3n) is 4.15. The smallest absolute Gasteiger partial charge is 0.0701 e. The van der Waals surface area contributed by atoms with Crippen molar-refractivity contribution < 1.29 is 20.1 Å². The van der Waals surface area contributed by atoms with Crippen molar-refractivity contribution in [2.45, 2.75) is 0 Å². The van der Waals surface area contributed by atoms with Crippen LogP contribution >= 0.6 is 0 Å². The Balaban J connectivity index is 0.000000146. The van der Waals surface area contributed by atoms with Gasteiger partial charge in [0.1, 0.15) is 0 Å². The first kappa shape index (κ1) is 18.1. The molecule has 1 radical (unpaired) electrons. The molecule has 0 spiro atoms. The number of nitrogens with one attached hydrogen (secondary N) is 1. The maximum atomic E-state index is 4.25. The summed E-state index contributed by atoms with van der Waals surface area (Å²) in [6, 6.07) is 32.8. The van der Waals surface area contributed by atoms with Crippen molar-refractivity contribution >= 4 is 21.8 Å². The van der Waals surface area contributed by atoms with Crippen LogP contribution in [0.1, 0.15) is 0 Å². The second-order valence-electron chi connectivity index (χ2n) is 5.80. The quantitative estimate of drug-likeness (QED) is 0.289. The largest absolute Gasteiger partial charge is 0.355 e. The van der Waals surface area contributed by atoms with Gasteiger partial charge in [-0.2, -0.15) is 0 Å². The minimum absolute atomic E-state index is 0. The van der Waals surface area contributed by atoms with Gasteiger partial charge in [-0.05, 0) is 24.3 Å². The van der Waals surface area contributed by atoms with E-state index in [2.05, 4.69) is 70.6 Å². The molecule has 0 aliphatic carbocycles. The van der Waals surface area contributed by atoms with Gasteiger partial charge in [-0.1, -0.05) is 72.8 Å². The first-order valence-electron chi connectivity index (χ1n) is 8.34. The Morgan fingerprint density at radius 3 is 1.65 bits per heavy atom. The molecule has 0 atom stereocenters. The summed E-state index contributed by atoms with van der Waals surface area (Å²) in [6.45, 7) is 0. The molecule has 1 N–H and O–H groups in total. The van der Waals surface area contributed by atoms with Gasteiger partial charge in [0, 0.05) is 53.7 Å². The summed E-state index contributed by atoms with van der Waals surface area (Å²) in [5.74, 6) is 0. The van der Waals surface area contributed by atoms with Crippen LogP contribution in [0.5, 0.6) is 0 Å². The number of H-pyrrole nitrogens is 1. The third kappa shape index (κ3) is 3.91. The van der Waals surface area contributed by atoms with Crippen LogP contribution in [0.4, 0.5) is 0 Å². The normalized spacial score (nSPS) is 10.0. The minimum atomic E-state index is 0. The Morgan fingerprint density at radius 2 is 1.08 bits per heavy atom. The molecule has 26 heavy (non-hydrogen) atoms. The van der Waals surface area contributed by atoms with Crippen LogP contribution in [0.2, 0.25) is 0 Å². The first-order valence-corrected chi connectivity index (χ1v) is 8.34. The fraction of sp³-hybridized carbons (Fsp3) is 0. The van der Waals surface area contributed by atoms with Crippen LogP contribution in [0.25, 0.3) is 33.1 Å². The fourth-order valence-corrected chi connectivity index (χ4v) is 2.94. The summed E-state index contributed by atoms with van der Waals surface area (Å²) < 4.78 is 0. The maximum Gasteiger partial charge on any atom is 0.0701 e. The number of fused-ring (bicyclic) bond motifs is 3. The molecule has 2 heterocycles. The van der Waals surface area contributed by atoms with Crippen molar-refractivity contribution in [3.05, 3.63) is 103 Å². The minimum Gasteiger partial charge on any atom is -0.355 e. The molecule has 5 rings (SSSR count). The predicted molar refractivity (Wildman–Crippen MR) is 105 cm³/mol. The van der Waals surface area contributed by atoms with Crippen molar-refractivity contribution in [1.82, 2.24) is 9.97 Å². The number of hydrogen-bond acceptors (Lipinski definition) is 1. The summed E-state index contributed by atoms with van der Waals surface area (Å²) in [5.41, 5.74) is 4.61. The SMILES string of the molecule is [Ir].c1ccc(-c2ccccn2)cc1.c1ccc2c(c1)[nH]c1ccccc12. The predicted octanol–water partition coefficient (Wildman–Crippen LogP) is 6.07. The second kappa shape index (κ2) is 8.57. The molecule has 0 aliphatic rings. The molecule has 0 aliphatic heterocycles. The van der Waals surface area contributed by atoms with Gasteiger partial charge >= 0.3 is 0 Å². The van der Waals surface area contributed by atoms with Crippen LogP contribution in [0.3, 0.4) is 0 Å². The summed E-state index contributed by atoms with van der Waals surface area (Å²) in [6.07, 6.45) is 1.81. The van der Waals surface area contributed by atoms with Gasteiger partial charge in [-0.25, -0.2) is 0 Å². The Morgan fingerprint density at radius 1 is 0.538 bits per heavy atom. The van der Waals surface area contributed by atoms with Crippen LogP contribution in [0, 0.1) is 0 Å². The number of nitrogens with zero attached hydrogens (tertiary/aromatic N) is 1. The van der Waals surface area contributed by atoms with Crippen LogP contribution in [-0.2, 0) is 20.1 Å². The van der Waals surface area contributed by atoms with Crippen molar-refractivity contribution in [1.29, 1.82) is 0 Å². The van der Waals surface area contributed by atoms with E-state index in [0.29, 0.717) is 0 Å². The van der Waals surface area contributed by atoms with Crippen molar-refractivity contribution in [2.75, 3.05) is 0 Å².